The normalized spacial score (nSPS) is 20.0. The van der Waals surface area contributed by atoms with Crippen LogP contribution < -0.4 is 5.32 Å². The molecule has 0 radical (unpaired) electrons. The van der Waals surface area contributed by atoms with Crippen LogP contribution in [0.15, 0.2) is 18.5 Å². The molecule has 1 N–H and O–H groups in total. The smallest absolute Gasteiger partial charge is 0.225 e. The number of carbonyl (C=O) groups excluding carboxylic acids is 1. The lowest BCUT2D eigenvalue weighted by atomic mass is 10.0. The van der Waals surface area contributed by atoms with Gasteiger partial charge in [-0.2, -0.15) is 0 Å². The van der Waals surface area contributed by atoms with Gasteiger partial charge in [0.05, 0.1) is 0 Å². The SMILES string of the molecule is CCCn1ccc(CNC2CCN(C(=O)C3CC3)CC2)c1. The van der Waals surface area contributed by atoms with E-state index in [1.807, 2.05) is 0 Å². The molecule has 1 aliphatic carbocycles. The minimum Gasteiger partial charge on any atom is -0.354 e. The van der Waals surface area contributed by atoms with E-state index in [1.165, 1.54) is 12.0 Å². The summed E-state index contributed by atoms with van der Waals surface area (Å²) in [5.74, 6) is 0.776. The molecule has 0 spiro atoms. The van der Waals surface area contributed by atoms with E-state index < -0.39 is 0 Å². The van der Waals surface area contributed by atoms with Gasteiger partial charge in [-0.25, -0.2) is 0 Å². The van der Waals surface area contributed by atoms with Gasteiger partial charge < -0.3 is 14.8 Å². The predicted molar refractivity (Wildman–Crippen MR) is 83.9 cm³/mol. The highest BCUT2D eigenvalue weighted by molar-refractivity contribution is 5.81. The van der Waals surface area contributed by atoms with E-state index >= 15 is 0 Å². The first-order valence-corrected chi connectivity index (χ1v) is 8.43. The number of hydrogen-bond donors (Lipinski definition) is 1. The van der Waals surface area contributed by atoms with Crippen LogP contribution in [0.1, 0.15) is 44.6 Å². The summed E-state index contributed by atoms with van der Waals surface area (Å²) in [6.07, 6.45) is 9.99. The van der Waals surface area contributed by atoms with E-state index in [2.05, 4.69) is 40.2 Å². The molecule has 3 rings (SSSR count). The molecule has 0 unspecified atom stereocenters. The molecule has 1 amide bonds. The molecule has 1 saturated carbocycles. The van der Waals surface area contributed by atoms with Crippen molar-refractivity contribution in [2.75, 3.05) is 13.1 Å². The Kier molecular flexibility index (Phi) is 4.63. The van der Waals surface area contributed by atoms with Crippen LogP contribution in [0.4, 0.5) is 0 Å². The van der Waals surface area contributed by atoms with E-state index in [0.717, 1.165) is 51.9 Å². The number of aryl methyl sites for hydroxylation is 1. The lowest BCUT2D eigenvalue weighted by Gasteiger charge is -2.32. The molecule has 4 nitrogen and oxygen atoms in total. The molecular formula is C17H27N3O. The Morgan fingerprint density at radius 1 is 1.29 bits per heavy atom. The topological polar surface area (TPSA) is 37.3 Å². The fourth-order valence-corrected chi connectivity index (χ4v) is 3.15. The number of hydrogen-bond acceptors (Lipinski definition) is 2. The van der Waals surface area contributed by atoms with Gasteiger partial charge in [0.1, 0.15) is 0 Å². The molecule has 0 atom stereocenters. The molecule has 2 heterocycles. The highest BCUT2D eigenvalue weighted by atomic mass is 16.2. The maximum absolute atomic E-state index is 12.0. The fourth-order valence-electron chi connectivity index (χ4n) is 3.15. The van der Waals surface area contributed by atoms with Gasteiger partial charge in [0.2, 0.25) is 5.91 Å². The van der Waals surface area contributed by atoms with Crippen LogP contribution in [0, 0.1) is 5.92 Å². The zero-order valence-electron chi connectivity index (χ0n) is 13.1. The molecule has 116 valence electrons. The predicted octanol–water partition coefficient (Wildman–Crippen LogP) is 2.39. The van der Waals surface area contributed by atoms with Crippen LogP contribution in [0.2, 0.25) is 0 Å². The van der Waals surface area contributed by atoms with Gasteiger partial charge in [-0.05, 0) is 43.7 Å². The van der Waals surface area contributed by atoms with Crippen molar-refractivity contribution in [3.63, 3.8) is 0 Å². The zero-order valence-corrected chi connectivity index (χ0v) is 13.1. The van der Waals surface area contributed by atoms with Crippen molar-refractivity contribution in [2.24, 2.45) is 5.92 Å². The first-order chi connectivity index (χ1) is 10.3. The van der Waals surface area contributed by atoms with Gasteiger partial charge in [-0.3, -0.25) is 4.79 Å². The van der Waals surface area contributed by atoms with Crippen LogP contribution >= 0.6 is 0 Å². The Morgan fingerprint density at radius 2 is 2.05 bits per heavy atom. The highest BCUT2D eigenvalue weighted by Gasteiger charge is 2.34. The van der Waals surface area contributed by atoms with Crippen molar-refractivity contribution < 1.29 is 4.79 Å². The number of aromatic nitrogens is 1. The third kappa shape index (κ3) is 3.88. The Hall–Kier alpha value is -1.29. The van der Waals surface area contributed by atoms with E-state index in [-0.39, 0.29) is 0 Å². The van der Waals surface area contributed by atoms with E-state index in [4.69, 9.17) is 0 Å². The number of amides is 1. The molecule has 4 heteroatoms. The van der Waals surface area contributed by atoms with Crippen molar-refractivity contribution in [3.05, 3.63) is 24.0 Å². The van der Waals surface area contributed by atoms with Crippen molar-refractivity contribution in [1.29, 1.82) is 0 Å². The van der Waals surface area contributed by atoms with Gasteiger partial charge in [0.25, 0.3) is 0 Å². The van der Waals surface area contributed by atoms with E-state index in [1.54, 1.807) is 0 Å². The molecular weight excluding hydrogens is 262 g/mol. The van der Waals surface area contributed by atoms with Gasteiger partial charge in [-0.15, -0.1) is 0 Å². The Labute approximate surface area is 127 Å². The Morgan fingerprint density at radius 3 is 2.71 bits per heavy atom. The summed E-state index contributed by atoms with van der Waals surface area (Å²) in [6, 6.07) is 2.76. The standard InChI is InChI=1S/C17H27N3O/c1-2-8-19-9-5-14(13-19)12-18-16-6-10-20(11-7-16)17(21)15-3-4-15/h5,9,13,15-16,18H,2-4,6-8,10-12H2,1H3. The molecule has 1 aliphatic heterocycles. The number of nitrogens with one attached hydrogen (secondary N) is 1. The van der Waals surface area contributed by atoms with Crippen molar-refractivity contribution >= 4 is 5.91 Å². The molecule has 0 aromatic carbocycles. The van der Waals surface area contributed by atoms with Gasteiger partial charge in [0, 0.05) is 50.5 Å². The summed E-state index contributed by atoms with van der Waals surface area (Å²) >= 11 is 0. The highest BCUT2D eigenvalue weighted by Crippen LogP contribution is 2.31. The zero-order chi connectivity index (χ0) is 14.7. The second-order valence-corrected chi connectivity index (χ2v) is 6.51. The monoisotopic (exact) mass is 289 g/mol. The number of rotatable bonds is 6. The van der Waals surface area contributed by atoms with Crippen LogP contribution in [0.5, 0.6) is 0 Å². The van der Waals surface area contributed by atoms with Crippen molar-refractivity contribution in [2.45, 2.75) is 58.2 Å². The average Bonchev–Trinajstić information content (AvgIpc) is 3.26. The molecule has 1 saturated heterocycles. The third-order valence-electron chi connectivity index (χ3n) is 4.62. The molecule has 1 aromatic heterocycles. The number of carbonyl (C=O) groups is 1. The fraction of sp³-hybridized carbons (Fsp3) is 0.706. The number of piperidine rings is 1. The van der Waals surface area contributed by atoms with Crippen molar-refractivity contribution in [3.8, 4) is 0 Å². The largest absolute Gasteiger partial charge is 0.354 e. The lowest BCUT2D eigenvalue weighted by Crippen LogP contribution is -2.45. The summed E-state index contributed by atoms with van der Waals surface area (Å²) in [4.78, 5) is 14.1. The third-order valence-corrected chi connectivity index (χ3v) is 4.62. The van der Waals surface area contributed by atoms with Crippen molar-refractivity contribution in [1.82, 2.24) is 14.8 Å². The quantitative estimate of drug-likeness (QED) is 0.873. The molecule has 0 bridgehead atoms. The Bertz CT molecular complexity index is 470. The first kappa shape index (κ1) is 14.6. The number of nitrogens with zero attached hydrogens (tertiary/aromatic N) is 2. The lowest BCUT2D eigenvalue weighted by molar-refractivity contribution is -0.133. The van der Waals surface area contributed by atoms with Gasteiger partial charge >= 0.3 is 0 Å². The number of likely N-dealkylation sites (tertiary alicyclic amines) is 1. The maximum Gasteiger partial charge on any atom is 0.225 e. The summed E-state index contributed by atoms with van der Waals surface area (Å²) < 4.78 is 2.26. The van der Waals surface area contributed by atoms with Crippen LogP contribution in [0.25, 0.3) is 0 Å². The van der Waals surface area contributed by atoms with E-state index in [0.29, 0.717) is 17.9 Å². The van der Waals surface area contributed by atoms with Crippen LogP contribution in [-0.4, -0.2) is 34.5 Å². The average molecular weight is 289 g/mol. The molecule has 2 fully saturated rings. The summed E-state index contributed by atoms with van der Waals surface area (Å²) in [5.41, 5.74) is 1.36. The Balaban J connectivity index is 1.39. The van der Waals surface area contributed by atoms with Crippen LogP contribution in [0.3, 0.4) is 0 Å². The van der Waals surface area contributed by atoms with Gasteiger partial charge in [0.15, 0.2) is 0 Å². The summed E-state index contributed by atoms with van der Waals surface area (Å²) in [5, 5.41) is 3.65. The summed E-state index contributed by atoms with van der Waals surface area (Å²) in [7, 11) is 0. The maximum atomic E-state index is 12.0. The minimum absolute atomic E-state index is 0.368. The summed E-state index contributed by atoms with van der Waals surface area (Å²) in [6.45, 7) is 6.11. The van der Waals surface area contributed by atoms with Gasteiger partial charge in [-0.1, -0.05) is 6.92 Å². The van der Waals surface area contributed by atoms with E-state index in [9.17, 15) is 4.79 Å². The molecule has 1 aromatic rings. The molecule has 2 aliphatic rings. The van der Waals surface area contributed by atoms with Crippen LogP contribution in [-0.2, 0) is 17.9 Å². The second-order valence-electron chi connectivity index (χ2n) is 6.51. The second kappa shape index (κ2) is 6.65. The first-order valence-electron chi connectivity index (χ1n) is 8.43. The molecule has 21 heavy (non-hydrogen) atoms. The minimum atomic E-state index is 0.368.